The molecule has 0 unspecified atom stereocenters. The quantitative estimate of drug-likeness (QED) is 0.0512. The molecule has 2 heterocycles. The van der Waals surface area contributed by atoms with Gasteiger partial charge in [-0.2, -0.15) is 0 Å². The maximum atomic E-state index is 11.8. The van der Waals surface area contributed by atoms with Gasteiger partial charge in [0.1, 0.15) is 0 Å². The van der Waals surface area contributed by atoms with Gasteiger partial charge in [0.25, 0.3) is 0 Å². The molecule has 0 amide bonds. The summed E-state index contributed by atoms with van der Waals surface area (Å²) in [4.78, 5) is 79.5. The summed E-state index contributed by atoms with van der Waals surface area (Å²) in [5.41, 5.74) is 5.44. The molecule has 0 bridgehead atoms. The second kappa shape index (κ2) is 26.0. The minimum atomic E-state index is -0.139. The Kier molecular flexibility index (Phi) is 19.3. The minimum Gasteiger partial charge on any atom is -0.294 e. The molecule has 0 saturated heterocycles. The molecule has 0 aliphatic carbocycles. The number of benzene rings is 7. The average Bonchev–Trinajstić information content (AvgIpc) is 3.38. The second-order valence-electron chi connectivity index (χ2n) is 14.5. The third-order valence-corrected chi connectivity index (χ3v) is 9.88. The Morgan fingerprint density at radius 1 is 0.258 bits per heavy atom. The molecule has 9 heteroatoms. The molecule has 1 radical (unpaired) electrons. The normalized spacial score (nSPS) is 9.94. The molecule has 0 aliphatic rings. The van der Waals surface area contributed by atoms with Gasteiger partial charge in [0.2, 0.25) is 0 Å². The van der Waals surface area contributed by atoms with Crippen molar-refractivity contribution in [2.24, 2.45) is 0 Å². The van der Waals surface area contributed by atoms with Gasteiger partial charge in [0.15, 0.2) is 34.7 Å². The summed E-state index contributed by atoms with van der Waals surface area (Å²) >= 11 is 0. The summed E-state index contributed by atoms with van der Waals surface area (Å²) in [5, 5.41) is 2.28. The Bertz CT molecular complexity index is 2550. The van der Waals surface area contributed by atoms with Gasteiger partial charge in [0.05, 0.1) is 30.3 Å². The van der Waals surface area contributed by atoms with E-state index in [0.717, 1.165) is 21.8 Å². The molecule has 0 spiro atoms. The van der Waals surface area contributed by atoms with Crippen LogP contribution >= 0.6 is 0 Å². The molecule has 0 atom stereocenters. The Morgan fingerprint density at radius 2 is 0.455 bits per heavy atom. The first kappa shape index (κ1) is 49.0. The number of Topliss-reactive ketones (excluding diaryl/α,β-unsaturated/α-hetero) is 6. The number of nitrogens with zero attached hydrogens (tertiary/aromatic N) is 2. The van der Waals surface area contributed by atoms with Crippen molar-refractivity contribution in [3.8, 4) is 0 Å². The van der Waals surface area contributed by atoms with E-state index < -0.39 is 0 Å². The van der Waals surface area contributed by atoms with Crippen molar-refractivity contribution in [1.82, 2.24) is 9.97 Å². The Labute approximate surface area is 396 Å². The molecule has 9 aromatic rings. The van der Waals surface area contributed by atoms with Gasteiger partial charge in [-0.3, -0.25) is 38.7 Å². The molecule has 0 N–H and O–H groups in total. The molecule has 2 aromatic heterocycles. The Balaban J connectivity index is 0.000000164. The van der Waals surface area contributed by atoms with E-state index in [-0.39, 0.29) is 73.4 Å². The molecule has 8 nitrogen and oxygen atoms in total. The van der Waals surface area contributed by atoms with E-state index in [1.165, 1.54) is 0 Å². The van der Waals surface area contributed by atoms with Crippen LogP contribution in [-0.2, 0) is 19.5 Å². The van der Waals surface area contributed by atoms with E-state index in [2.05, 4.69) is 34.2 Å². The number of fused-ring (bicyclic) bond motifs is 3. The molecule has 0 saturated carbocycles. The van der Waals surface area contributed by atoms with Crippen LogP contribution in [0.3, 0.4) is 0 Å². The number of aromatic nitrogens is 2. The van der Waals surface area contributed by atoms with Crippen molar-refractivity contribution in [2.75, 3.05) is 0 Å². The number of rotatable bonds is 12. The molecule has 323 valence electrons. The van der Waals surface area contributed by atoms with Crippen LogP contribution < -0.4 is 0 Å². The first-order valence-corrected chi connectivity index (χ1v) is 20.8. The van der Waals surface area contributed by atoms with E-state index in [4.69, 9.17) is 0 Å². The topological polar surface area (TPSA) is 128 Å². The van der Waals surface area contributed by atoms with Gasteiger partial charge in [-0.1, -0.05) is 206 Å². The fraction of sp³-hybridized carbons (Fsp3) is 0.0526. The summed E-state index contributed by atoms with van der Waals surface area (Å²) in [6, 6.07) is 65.4. The van der Waals surface area contributed by atoms with Crippen molar-refractivity contribution in [2.45, 2.75) is 19.3 Å². The third kappa shape index (κ3) is 14.8. The predicted octanol–water partition coefficient (Wildman–Crippen LogP) is 12.2. The smallest absolute Gasteiger partial charge is 0.294 e. The summed E-state index contributed by atoms with van der Waals surface area (Å²) in [6.07, 6.45) is 3.38. The van der Waals surface area contributed by atoms with E-state index in [1.807, 2.05) is 48.5 Å². The van der Waals surface area contributed by atoms with Crippen molar-refractivity contribution >= 4 is 56.5 Å². The van der Waals surface area contributed by atoms with E-state index >= 15 is 0 Å². The minimum absolute atomic E-state index is 0. The standard InChI is InChI=1S/3C15H12O2.C12H8N2.Ru/c3*16-14(12-7-3-1-4-8-12)11-15(17)13-9-5-2-6-10-13;1-3-9-5-6-10-4-2-8-14-12(10)11(9)13-7-1;/h3*1-10H,11H2;1-8H;/q;;;;+3. The largest absolute Gasteiger partial charge is 3.00 e. The number of pyridine rings is 2. The number of hydrogen-bond donors (Lipinski definition) is 0. The van der Waals surface area contributed by atoms with Crippen LogP contribution in [0.5, 0.6) is 0 Å². The van der Waals surface area contributed by atoms with Crippen LogP contribution in [0.4, 0.5) is 0 Å². The number of carbonyl (C=O) groups excluding carboxylic acids is 6. The number of ketones is 6. The van der Waals surface area contributed by atoms with E-state index in [0.29, 0.717) is 33.4 Å². The van der Waals surface area contributed by atoms with Crippen LogP contribution in [0.25, 0.3) is 21.8 Å². The maximum Gasteiger partial charge on any atom is 3.00 e. The molecule has 0 aliphatic heterocycles. The zero-order valence-electron chi connectivity index (χ0n) is 35.8. The van der Waals surface area contributed by atoms with Crippen LogP contribution in [-0.4, -0.2) is 44.7 Å². The van der Waals surface area contributed by atoms with Crippen LogP contribution in [0.2, 0.25) is 0 Å². The zero-order valence-corrected chi connectivity index (χ0v) is 37.5. The van der Waals surface area contributed by atoms with Crippen molar-refractivity contribution in [3.05, 3.63) is 264 Å². The van der Waals surface area contributed by atoms with Crippen molar-refractivity contribution in [3.63, 3.8) is 0 Å². The van der Waals surface area contributed by atoms with Gasteiger partial charge in [-0.15, -0.1) is 0 Å². The molecule has 0 fully saturated rings. The molecule has 66 heavy (non-hydrogen) atoms. The van der Waals surface area contributed by atoms with Crippen LogP contribution in [0.15, 0.2) is 231 Å². The fourth-order valence-corrected chi connectivity index (χ4v) is 6.47. The maximum absolute atomic E-state index is 11.8. The second-order valence-corrected chi connectivity index (χ2v) is 14.5. The number of hydrogen-bond acceptors (Lipinski definition) is 8. The monoisotopic (exact) mass is 954 g/mol. The summed E-state index contributed by atoms with van der Waals surface area (Å²) in [7, 11) is 0. The van der Waals surface area contributed by atoms with E-state index in [1.54, 1.807) is 158 Å². The van der Waals surface area contributed by atoms with Gasteiger partial charge in [0, 0.05) is 56.5 Å². The fourth-order valence-electron chi connectivity index (χ4n) is 6.47. The Hall–Kier alpha value is -8.00. The third-order valence-electron chi connectivity index (χ3n) is 9.88. The molecular formula is C57H44N2O6Ru+3. The van der Waals surface area contributed by atoms with Gasteiger partial charge in [-0.05, 0) is 12.1 Å². The van der Waals surface area contributed by atoms with Crippen LogP contribution in [0, 0.1) is 0 Å². The summed E-state index contributed by atoms with van der Waals surface area (Å²) < 4.78 is 0. The van der Waals surface area contributed by atoms with Crippen molar-refractivity contribution in [1.29, 1.82) is 0 Å². The molecule has 7 aromatic carbocycles. The van der Waals surface area contributed by atoms with Crippen molar-refractivity contribution < 1.29 is 48.2 Å². The van der Waals surface area contributed by atoms with Crippen LogP contribution in [0.1, 0.15) is 81.4 Å². The SMILES string of the molecule is O=C(CC(=O)c1ccccc1)c1ccccc1.O=C(CC(=O)c1ccccc1)c1ccccc1.O=C(CC(=O)c1ccccc1)c1ccccc1.[Ru+3].c1cnc2c(c1)ccc1cccnc12. The first-order chi connectivity index (χ1) is 31.8. The number of carbonyl (C=O) groups is 6. The average molecular weight is 954 g/mol. The summed E-state index contributed by atoms with van der Waals surface area (Å²) in [5.74, 6) is -0.836. The Morgan fingerprint density at radius 3 is 0.652 bits per heavy atom. The summed E-state index contributed by atoms with van der Waals surface area (Å²) in [6.45, 7) is 0. The molecular weight excluding hydrogens is 910 g/mol. The van der Waals surface area contributed by atoms with E-state index in [9.17, 15) is 28.8 Å². The zero-order chi connectivity index (χ0) is 45.6. The first-order valence-electron chi connectivity index (χ1n) is 20.8. The predicted molar refractivity (Wildman–Crippen MR) is 256 cm³/mol. The van der Waals surface area contributed by atoms with Gasteiger partial charge >= 0.3 is 19.5 Å². The van der Waals surface area contributed by atoms with Gasteiger partial charge < -0.3 is 0 Å². The van der Waals surface area contributed by atoms with Gasteiger partial charge in [-0.25, -0.2) is 0 Å². The molecule has 9 rings (SSSR count).